The van der Waals surface area contributed by atoms with Crippen LogP contribution in [-0.4, -0.2) is 18.6 Å². The SMILES string of the molecule is Cc1ccc(S(=O)(=O)Nc2nocc2C2CC2)c2cccnc12. The first kappa shape index (κ1) is 14.2. The van der Waals surface area contributed by atoms with Crippen molar-refractivity contribution in [2.45, 2.75) is 30.6 Å². The first-order chi connectivity index (χ1) is 11.1. The van der Waals surface area contributed by atoms with E-state index in [4.69, 9.17) is 4.52 Å². The van der Waals surface area contributed by atoms with Crippen LogP contribution in [0.15, 0.2) is 46.1 Å². The average Bonchev–Trinajstić information content (AvgIpc) is 3.28. The molecule has 23 heavy (non-hydrogen) atoms. The predicted octanol–water partition coefficient (Wildman–Crippen LogP) is 3.21. The predicted molar refractivity (Wildman–Crippen MR) is 85.8 cm³/mol. The van der Waals surface area contributed by atoms with Gasteiger partial charge in [0.25, 0.3) is 10.0 Å². The highest BCUT2D eigenvalue weighted by atomic mass is 32.2. The highest BCUT2D eigenvalue weighted by Gasteiger charge is 2.31. The van der Waals surface area contributed by atoms with Crippen LogP contribution in [0.1, 0.15) is 29.9 Å². The first-order valence-electron chi connectivity index (χ1n) is 7.38. The molecule has 0 saturated heterocycles. The minimum absolute atomic E-state index is 0.191. The van der Waals surface area contributed by atoms with Crippen molar-refractivity contribution in [1.82, 2.24) is 10.1 Å². The molecule has 0 aliphatic heterocycles. The molecule has 0 spiro atoms. The summed E-state index contributed by atoms with van der Waals surface area (Å²) in [7, 11) is -3.77. The van der Waals surface area contributed by atoms with Crippen LogP contribution in [0.2, 0.25) is 0 Å². The van der Waals surface area contributed by atoms with Gasteiger partial charge in [-0.15, -0.1) is 0 Å². The third kappa shape index (κ3) is 2.46. The maximum atomic E-state index is 12.8. The minimum atomic E-state index is -3.77. The van der Waals surface area contributed by atoms with Crippen molar-refractivity contribution in [3.63, 3.8) is 0 Å². The Kier molecular flexibility index (Phi) is 3.12. The number of rotatable bonds is 4. The fraction of sp³-hybridized carbons (Fsp3) is 0.250. The quantitative estimate of drug-likeness (QED) is 0.794. The van der Waals surface area contributed by atoms with Gasteiger partial charge in [-0.25, -0.2) is 8.42 Å². The van der Waals surface area contributed by atoms with Gasteiger partial charge in [-0.3, -0.25) is 9.71 Å². The van der Waals surface area contributed by atoms with Crippen LogP contribution >= 0.6 is 0 Å². The Hall–Kier alpha value is -2.41. The summed E-state index contributed by atoms with van der Waals surface area (Å²) in [6.45, 7) is 1.90. The standard InChI is InChI=1S/C16H15N3O3S/c1-10-4-7-14(12-3-2-8-17-15(10)12)23(20,21)19-16-13(9-22-18-16)11-5-6-11/h2-4,7-9,11H,5-6H2,1H3,(H,18,19). The summed E-state index contributed by atoms with van der Waals surface area (Å²) >= 11 is 0. The van der Waals surface area contributed by atoms with Crippen LogP contribution in [0, 0.1) is 6.92 Å². The topological polar surface area (TPSA) is 85.1 Å². The molecule has 0 amide bonds. The zero-order valence-electron chi connectivity index (χ0n) is 12.5. The van der Waals surface area contributed by atoms with Crippen LogP contribution in [0.3, 0.4) is 0 Å². The van der Waals surface area contributed by atoms with Crippen molar-refractivity contribution in [2.24, 2.45) is 0 Å². The highest BCUT2D eigenvalue weighted by molar-refractivity contribution is 7.93. The van der Waals surface area contributed by atoms with E-state index in [0.717, 1.165) is 24.0 Å². The molecule has 0 bridgehead atoms. The molecule has 0 unspecified atom stereocenters. The lowest BCUT2D eigenvalue weighted by Gasteiger charge is -2.10. The second-order valence-corrected chi connectivity index (χ2v) is 7.43. The lowest BCUT2D eigenvalue weighted by Crippen LogP contribution is -2.15. The molecule has 1 saturated carbocycles. The van der Waals surface area contributed by atoms with Crippen molar-refractivity contribution in [3.05, 3.63) is 47.9 Å². The van der Waals surface area contributed by atoms with Gasteiger partial charge in [0, 0.05) is 17.1 Å². The molecular weight excluding hydrogens is 314 g/mol. The molecule has 0 atom stereocenters. The van der Waals surface area contributed by atoms with Crippen molar-refractivity contribution in [1.29, 1.82) is 0 Å². The molecule has 6 nitrogen and oxygen atoms in total. The van der Waals surface area contributed by atoms with E-state index in [1.54, 1.807) is 30.5 Å². The zero-order valence-corrected chi connectivity index (χ0v) is 13.3. The second kappa shape index (κ2) is 5.06. The summed E-state index contributed by atoms with van der Waals surface area (Å²) in [4.78, 5) is 4.47. The molecule has 1 aliphatic carbocycles. The van der Waals surface area contributed by atoms with Gasteiger partial charge in [0.15, 0.2) is 5.82 Å². The van der Waals surface area contributed by atoms with Gasteiger partial charge < -0.3 is 4.52 Å². The molecule has 2 aromatic heterocycles. The Bertz CT molecular complexity index is 991. The number of sulfonamides is 1. The molecule has 0 radical (unpaired) electrons. The van der Waals surface area contributed by atoms with Crippen LogP contribution in [0.4, 0.5) is 5.82 Å². The van der Waals surface area contributed by atoms with Gasteiger partial charge >= 0.3 is 0 Å². The number of nitrogens with zero attached hydrogens (tertiary/aromatic N) is 2. The fourth-order valence-corrected chi connectivity index (χ4v) is 3.93. The van der Waals surface area contributed by atoms with Crippen LogP contribution in [-0.2, 0) is 10.0 Å². The number of anilines is 1. The summed E-state index contributed by atoms with van der Waals surface area (Å²) in [5.74, 6) is 0.625. The molecule has 1 N–H and O–H groups in total. The van der Waals surface area contributed by atoms with Gasteiger partial charge in [-0.1, -0.05) is 11.2 Å². The summed E-state index contributed by atoms with van der Waals surface area (Å²) in [6, 6.07) is 6.84. The summed E-state index contributed by atoms with van der Waals surface area (Å²) in [5, 5.41) is 4.40. The number of fused-ring (bicyclic) bond motifs is 1. The Labute approximate surface area is 133 Å². The highest BCUT2D eigenvalue weighted by Crippen LogP contribution is 2.43. The molecule has 7 heteroatoms. The number of aromatic nitrogens is 2. The maximum absolute atomic E-state index is 12.8. The number of hydrogen-bond acceptors (Lipinski definition) is 5. The van der Waals surface area contributed by atoms with E-state index < -0.39 is 10.0 Å². The van der Waals surface area contributed by atoms with E-state index >= 15 is 0 Å². The normalized spacial score (nSPS) is 15.0. The van der Waals surface area contributed by atoms with Crippen LogP contribution in [0.25, 0.3) is 10.9 Å². The second-order valence-electron chi connectivity index (χ2n) is 5.78. The third-order valence-electron chi connectivity index (χ3n) is 4.07. The van der Waals surface area contributed by atoms with Gasteiger partial charge in [0.05, 0.1) is 10.4 Å². The van der Waals surface area contributed by atoms with Crippen molar-refractivity contribution in [3.8, 4) is 0 Å². The molecular formula is C16H15N3O3S. The fourth-order valence-electron chi connectivity index (χ4n) is 2.71. The Morgan fingerprint density at radius 2 is 2.09 bits per heavy atom. The largest absolute Gasteiger partial charge is 0.362 e. The van der Waals surface area contributed by atoms with E-state index in [2.05, 4.69) is 14.9 Å². The zero-order chi connectivity index (χ0) is 16.0. The van der Waals surface area contributed by atoms with E-state index in [0.29, 0.717) is 16.8 Å². The lowest BCUT2D eigenvalue weighted by atomic mass is 10.1. The molecule has 2 heterocycles. The van der Waals surface area contributed by atoms with Crippen molar-refractivity contribution >= 4 is 26.7 Å². The average molecular weight is 329 g/mol. The van der Waals surface area contributed by atoms with E-state index in [9.17, 15) is 8.42 Å². The van der Waals surface area contributed by atoms with Crippen LogP contribution in [0.5, 0.6) is 0 Å². The molecule has 1 aliphatic rings. The number of benzene rings is 1. The molecule has 118 valence electrons. The van der Waals surface area contributed by atoms with E-state index in [1.165, 1.54) is 6.26 Å². The van der Waals surface area contributed by atoms with Crippen LogP contribution < -0.4 is 4.72 Å². The number of aryl methyl sites for hydroxylation is 1. The summed E-state index contributed by atoms with van der Waals surface area (Å²) < 4.78 is 33.1. The third-order valence-corrected chi connectivity index (χ3v) is 5.46. The van der Waals surface area contributed by atoms with Gasteiger partial charge in [-0.2, -0.15) is 0 Å². The maximum Gasteiger partial charge on any atom is 0.263 e. The van der Waals surface area contributed by atoms with Gasteiger partial charge in [-0.05, 0) is 49.4 Å². The van der Waals surface area contributed by atoms with E-state index in [-0.39, 0.29) is 10.7 Å². The monoisotopic (exact) mass is 329 g/mol. The first-order valence-corrected chi connectivity index (χ1v) is 8.86. The number of nitrogens with one attached hydrogen (secondary N) is 1. The molecule has 1 fully saturated rings. The van der Waals surface area contributed by atoms with Gasteiger partial charge in [0.2, 0.25) is 0 Å². The van der Waals surface area contributed by atoms with Crippen molar-refractivity contribution in [2.75, 3.05) is 4.72 Å². The summed E-state index contributed by atoms with van der Waals surface area (Å²) in [6.07, 6.45) is 5.24. The Morgan fingerprint density at radius 1 is 1.26 bits per heavy atom. The van der Waals surface area contributed by atoms with Gasteiger partial charge in [0.1, 0.15) is 6.26 Å². The summed E-state index contributed by atoms with van der Waals surface area (Å²) in [5.41, 5.74) is 2.43. The molecule has 1 aromatic carbocycles. The molecule has 3 aromatic rings. The van der Waals surface area contributed by atoms with Crippen molar-refractivity contribution < 1.29 is 12.9 Å². The van der Waals surface area contributed by atoms with E-state index in [1.807, 2.05) is 6.92 Å². The molecule has 4 rings (SSSR count). The Morgan fingerprint density at radius 3 is 2.87 bits per heavy atom. The number of hydrogen-bond donors (Lipinski definition) is 1. The minimum Gasteiger partial charge on any atom is -0.362 e. The Balaban J connectivity index is 1.80. The lowest BCUT2D eigenvalue weighted by molar-refractivity contribution is 0.422. The number of pyridine rings is 1. The smallest absolute Gasteiger partial charge is 0.263 e.